The van der Waals surface area contributed by atoms with Crippen LogP contribution in [0.25, 0.3) is 0 Å². The van der Waals surface area contributed by atoms with Crippen LogP contribution in [0.5, 0.6) is 11.5 Å². The number of nitrogens with zero attached hydrogens (tertiary/aromatic N) is 1. The third-order valence-electron chi connectivity index (χ3n) is 2.50. The average Bonchev–Trinajstić information content (AvgIpc) is 2.33. The summed E-state index contributed by atoms with van der Waals surface area (Å²) in [5.74, 6) is 1.86. The van der Waals surface area contributed by atoms with E-state index in [1.54, 1.807) is 18.3 Å². The van der Waals surface area contributed by atoms with E-state index in [0.717, 1.165) is 5.75 Å². The Balaban J connectivity index is 2.17. The van der Waals surface area contributed by atoms with Crippen LogP contribution in [0.4, 0.5) is 0 Å². The zero-order chi connectivity index (χ0) is 12.3. The summed E-state index contributed by atoms with van der Waals surface area (Å²) in [6, 6.07) is 11.6. The molecule has 0 unspecified atom stereocenters. The van der Waals surface area contributed by atoms with E-state index < -0.39 is 0 Å². The van der Waals surface area contributed by atoms with Crippen LogP contribution in [0.2, 0.25) is 5.15 Å². The maximum absolute atomic E-state index is 5.92. The summed E-state index contributed by atoms with van der Waals surface area (Å²) in [6.07, 6.45) is 1.64. The SMILES string of the molecule is CC(C)c1ccc(Oc2cccnc2Cl)cc1. The molecule has 2 rings (SSSR count). The maximum atomic E-state index is 5.92. The minimum Gasteiger partial charge on any atom is -0.454 e. The van der Waals surface area contributed by atoms with Gasteiger partial charge in [-0.1, -0.05) is 37.6 Å². The van der Waals surface area contributed by atoms with Crippen molar-refractivity contribution in [1.29, 1.82) is 0 Å². The third-order valence-corrected chi connectivity index (χ3v) is 2.78. The van der Waals surface area contributed by atoms with Crippen molar-refractivity contribution in [3.8, 4) is 11.5 Å². The van der Waals surface area contributed by atoms with E-state index in [4.69, 9.17) is 16.3 Å². The molecule has 0 atom stereocenters. The van der Waals surface area contributed by atoms with Gasteiger partial charge < -0.3 is 4.74 Å². The zero-order valence-corrected chi connectivity index (χ0v) is 10.6. The van der Waals surface area contributed by atoms with Gasteiger partial charge in [0, 0.05) is 6.20 Å². The molecule has 0 radical (unpaired) electrons. The number of benzene rings is 1. The summed E-state index contributed by atoms with van der Waals surface area (Å²) >= 11 is 5.92. The molecule has 0 saturated carbocycles. The molecule has 88 valence electrons. The molecule has 3 heteroatoms. The second-order valence-electron chi connectivity index (χ2n) is 4.12. The van der Waals surface area contributed by atoms with Gasteiger partial charge in [0.15, 0.2) is 10.9 Å². The first-order chi connectivity index (χ1) is 8.16. The number of ether oxygens (including phenoxy) is 1. The van der Waals surface area contributed by atoms with Crippen LogP contribution in [0, 0.1) is 0 Å². The van der Waals surface area contributed by atoms with Crippen LogP contribution >= 0.6 is 11.6 Å². The van der Waals surface area contributed by atoms with Crippen molar-refractivity contribution in [2.45, 2.75) is 19.8 Å². The Morgan fingerprint density at radius 3 is 2.41 bits per heavy atom. The molecule has 2 nitrogen and oxygen atoms in total. The number of pyridine rings is 1. The lowest BCUT2D eigenvalue weighted by Crippen LogP contribution is -1.89. The van der Waals surface area contributed by atoms with Gasteiger partial charge >= 0.3 is 0 Å². The van der Waals surface area contributed by atoms with Gasteiger partial charge in [-0.3, -0.25) is 0 Å². The predicted octanol–water partition coefficient (Wildman–Crippen LogP) is 4.65. The van der Waals surface area contributed by atoms with Crippen molar-refractivity contribution in [3.63, 3.8) is 0 Å². The molecule has 0 amide bonds. The molecule has 0 N–H and O–H groups in total. The topological polar surface area (TPSA) is 22.1 Å². The minimum absolute atomic E-state index is 0.375. The van der Waals surface area contributed by atoms with Crippen LogP contribution in [0.15, 0.2) is 42.6 Å². The van der Waals surface area contributed by atoms with Crippen LogP contribution < -0.4 is 4.74 Å². The highest BCUT2D eigenvalue weighted by Crippen LogP contribution is 2.28. The Morgan fingerprint density at radius 1 is 1.12 bits per heavy atom. The fraction of sp³-hybridized carbons (Fsp3) is 0.214. The van der Waals surface area contributed by atoms with E-state index in [2.05, 4.69) is 31.0 Å². The molecule has 1 aromatic heterocycles. The summed E-state index contributed by atoms with van der Waals surface area (Å²) < 4.78 is 5.65. The molecule has 0 aliphatic rings. The van der Waals surface area contributed by atoms with Crippen molar-refractivity contribution in [2.24, 2.45) is 0 Å². The fourth-order valence-electron chi connectivity index (χ4n) is 1.50. The van der Waals surface area contributed by atoms with Crippen molar-refractivity contribution >= 4 is 11.6 Å². The van der Waals surface area contributed by atoms with Crippen LogP contribution in [-0.2, 0) is 0 Å². The van der Waals surface area contributed by atoms with Crippen LogP contribution in [-0.4, -0.2) is 4.98 Å². The Kier molecular flexibility index (Phi) is 3.64. The molecule has 0 aliphatic heterocycles. The van der Waals surface area contributed by atoms with Gasteiger partial charge in [-0.05, 0) is 35.7 Å². The van der Waals surface area contributed by atoms with Gasteiger partial charge in [0.1, 0.15) is 5.75 Å². The third kappa shape index (κ3) is 2.98. The highest BCUT2D eigenvalue weighted by molar-refractivity contribution is 6.30. The number of aromatic nitrogens is 1. The van der Waals surface area contributed by atoms with Crippen LogP contribution in [0.3, 0.4) is 0 Å². The molecular formula is C14H14ClNO. The number of halogens is 1. The second-order valence-corrected chi connectivity index (χ2v) is 4.48. The highest BCUT2D eigenvalue weighted by Gasteiger charge is 2.04. The van der Waals surface area contributed by atoms with Gasteiger partial charge in [-0.2, -0.15) is 0 Å². The maximum Gasteiger partial charge on any atom is 0.171 e. The minimum atomic E-state index is 0.375. The van der Waals surface area contributed by atoms with Crippen molar-refractivity contribution in [1.82, 2.24) is 4.98 Å². The summed E-state index contributed by atoms with van der Waals surface area (Å²) in [6.45, 7) is 4.32. The molecule has 2 aromatic rings. The predicted molar refractivity (Wildman–Crippen MR) is 69.9 cm³/mol. The van der Waals surface area contributed by atoms with Crippen molar-refractivity contribution in [2.75, 3.05) is 0 Å². The Bertz CT molecular complexity index is 494. The fourth-order valence-corrected chi connectivity index (χ4v) is 1.65. The first-order valence-electron chi connectivity index (χ1n) is 5.55. The van der Waals surface area contributed by atoms with E-state index in [0.29, 0.717) is 16.8 Å². The number of rotatable bonds is 3. The molecule has 0 saturated heterocycles. The molecule has 0 spiro atoms. The first kappa shape index (κ1) is 11.9. The van der Waals surface area contributed by atoms with Crippen molar-refractivity contribution < 1.29 is 4.74 Å². The normalized spacial score (nSPS) is 10.6. The number of hydrogen-bond acceptors (Lipinski definition) is 2. The smallest absolute Gasteiger partial charge is 0.171 e. The summed E-state index contributed by atoms with van der Waals surface area (Å²) in [7, 11) is 0. The van der Waals surface area contributed by atoms with E-state index in [1.807, 2.05) is 12.1 Å². The van der Waals surface area contributed by atoms with Gasteiger partial charge in [-0.15, -0.1) is 0 Å². The molecule has 17 heavy (non-hydrogen) atoms. The summed E-state index contributed by atoms with van der Waals surface area (Å²) in [5.41, 5.74) is 1.29. The zero-order valence-electron chi connectivity index (χ0n) is 9.85. The molecule has 0 aliphatic carbocycles. The summed E-state index contributed by atoms with van der Waals surface area (Å²) in [5, 5.41) is 0.375. The Morgan fingerprint density at radius 2 is 1.82 bits per heavy atom. The van der Waals surface area contributed by atoms with Gasteiger partial charge in [-0.25, -0.2) is 4.98 Å². The van der Waals surface area contributed by atoms with E-state index in [9.17, 15) is 0 Å². The largest absolute Gasteiger partial charge is 0.454 e. The van der Waals surface area contributed by atoms with Crippen LogP contribution in [0.1, 0.15) is 25.3 Å². The molecule has 0 bridgehead atoms. The quantitative estimate of drug-likeness (QED) is 0.737. The Hall–Kier alpha value is -1.54. The van der Waals surface area contributed by atoms with E-state index >= 15 is 0 Å². The van der Waals surface area contributed by atoms with E-state index in [-0.39, 0.29) is 0 Å². The van der Waals surface area contributed by atoms with Gasteiger partial charge in [0.25, 0.3) is 0 Å². The Labute approximate surface area is 106 Å². The lowest BCUT2D eigenvalue weighted by molar-refractivity contribution is 0.480. The highest BCUT2D eigenvalue weighted by atomic mass is 35.5. The lowest BCUT2D eigenvalue weighted by atomic mass is 10.0. The average molecular weight is 248 g/mol. The molecule has 1 aromatic carbocycles. The number of hydrogen-bond donors (Lipinski definition) is 0. The monoisotopic (exact) mass is 247 g/mol. The van der Waals surface area contributed by atoms with Gasteiger partial charge in [0.2, 0.25) is 0 Å². The lowest BCUT2D eigenvalue weighted by Gasteiger charge is -2.09. The standard InChI is InChI=1S/C14H14ClNO/c1-10(2)11-5-7-12(8-6-11)17-13-4-3-9-16-14(13)15/h3-10H,1-2H3. The van der Waals surface area contributed by atoms with E-state index in [1.165, 1.54) is 5.56 Å². The molecular weight excluding hydrogens is 234 g/mol. The van der Waals surface area contributed by atoms with Gasteiger partial charge in [0.05, 0.1) is 0 Å². The second kappa shape index (κ2) is 5.19. The van der Waals surface area contributed by atoms with Crippen molar-refractivity contribution in [3.05, 3.63) is 53.3 Å². The molecule has 0 fully saturated rings. The summed E-state index contributed by atoms with van der Waals surface area (Å²) in [4.78, 5) is 3.96. The first-order valence-corrected chi connectivity index (χ1v) is 5.93. The molecule has 1 heterocycles.